The Morgan fingerprint density at radius 2 is 1.39 bits per heavy atom. The number of amides is 2. The lowest BCUT2D eigenvalue weighted by Crippen LogP contribution is -2.20. The number of hydrogen-bond donors (Lipinski definition) is 3. The fraction of sp³-hybridized carbons (Fsp3) is 0.839. The summed E-state index contributed by atoms with van der Waals surface area (Å²) in [5.41, 5.74) is 0. The van der Waals surface area contributed by atoms with Gasteiger partial charge in [-0.15, -0.1) is 10.2 Å². The summed E-state index contributed by atoms with van der Waals surface area (Å²) in [6.07, 6.45) is 3.55. The van der Waals surface area contributed by atoms with Crippen LogP contribution in [0.1, 0.15) is 67.2 Å². The first kappa shape index (κ1) is 58.7. The monoisotopic (exact) mass is 673 g/mol. The highest BCUT2D eigenvalue weighted by molar-refractivity contribution is 5.72. The summed E-state index contributed by atoms with van der Waals surface area (Å²) in [5, 5.41) is 20.2. The van der Waals surface area contributed by atoms with Crippen LogP contribution in [0.2, 0.25) is 0 Å². The Morgan fingerprint density at radius 1 is 0.978 bits per heavy atom. The van der Waals surface area contributed by atoms with Gasteiger partial charge < -0.3 is 53.7 Å². The number of aryl methyl sites for hydroxylation is 1. The normalized spacial score (nSPS) is 9.63. The highest BCUT2D eigenvalue weighted by Crippen LogP contribution is 2.26. The molecule has 46 heavy (non-hydrogen) atoms. The molecule has 1 saturated carbocycles. The number of aromatic nitrogens is 2. The molecule has 2 rings (SSSR count). The number of methoxy groups -OCH3 is 3. The Morgan fingerprint density at radius 3 is 1.43 bits per heavy atom. The molecule has 15 heteroatoms. The quantitative estimate of drug-likeness (QED) is 0.368. The van der Waals surface area contributed by atoms with Crippen LogP contribution < -0.4 is 10.6 Å². The number of ether oxygens (including phenoxy) is 4. The smallest absolute Gasteiger partial charge is 0.408 e. The first-order valence-electron chi connectivity index (χ1n) is 15.2. The molecule has 0 radical (unpaired) electrons. The van der Waals surface area contributed by atoms with Crippen molar-refractivity contribution < 1.29 is 42.9 Å². The average Bonchev–Trinajstić information content (AvgIpc) is 3.68. The fourth-order valence-electron chi connectivity index (χ4n) is 0.888. The molecule has 1 aliphatic rings. The van der Waals surface area contributed by atoms with Crippen LogP contribution in [0.15, 0.2) is 10.8 Å². The predicted molar refractivity (Wildman–Crippen MR) is 186 cm³/mol. The van der Waals surface area contributed by atoms with E-state index in [0.717, 1.165) is 25.6 Å². The number of hydrogen-bond acceptors (Lipinski definition) is 13. The van der Waals surface area contributed by atoms with Crippen molar-refractivity contribution in [2.45, 2.75) is 68.2 Å². The maximum atomic E-state index is 10.2. The van der Waals surface area contributed by atoms with E-state index in [2.05, 4.69) is 79.2 Å². The number of ketones is 1. The molecule has 0 bridgehead atoms. The molecule has 0 unspecified atom stereocenters. The maximum absolute atomic E-state index is 10.2. The van der Waals surface area contributed by atoms with Crippen molar-refractivity contribution in [3.05, 3.63) is 12.3 Å². The van der Waals surface area contributed by atoms with Gasteiger partial charge in [-0.1, -0.05) is 33.6 Å². The van der Waals surface area contributed by atoms with Crippen LogP contribution in [0.4, 0.5) is 9.59 Å². The van der Waals surface area contributed by atoms with E-state index in [0.29, 0.717) is 19.1 Å². The van der Waals surface area contributed by atoms with Crippen LogP contribution in [0.25, 0.3) is 0 Å². The van der Waals surface area contributed by atoms with Gasteiger partial charge in [0.25, 0.3) is 0 Å². The van der Waals surface area contributed by atoms with Gasteiger partial charge in [0.2, 0.25) is 12.3 Å². The largest absolute Gasteiger partial charge is 0.453 e. The van der Waals surface area contributed by atoms with Crippen LogP contribution in [-0.4, -0.2) is 146 Å². The Balaban J connectivity index is -0.0000000750. The molecular weight excluding hydrogens is 600 g/mol. The molecule has 1 aromatic heterocycles. The molecular formula is C31H72N6O9. The lowest BCUT2D eigenvalue weighted by molar-refractivity contribution is -0.115. The summed E-state index contributed by atoms with van der Waals surface area (Å²) < 4.78 is 22.3. The van der Waals surface area contributed by atoms with Gasteiger partial charge in [-0.05, 0) is 67.8 Å². The molecule has 0 saturated heterocycles. The van der Waals surface area contributed by atoms with Gasteiger partial charge in [0.15, 0.2) is 0 Å². The van der Waals surface area contributed by atoms with Crippen molar-refractivity contribution in [2.75, 3.05) is 103 Å². The van der Waals surface area contributed by atoms with Crippen molar-refractivity contribution in [2.24, 2.45) is 5.92 Å². The molecule has 3 N–H and O–H groups in total. The summed E-state index contributed by atoms with van der Waals surface area (Å²) in [7, 11) is 15.2. The van der Waals surface area contributed by atoms with Gasteiger partial charge in [-0.3, -0.25) is 0 Å². The van der Waals surface area contributed by atoms with E-state index in [4.69, 9.17) is 9.84 Å². The topological polar surface area (TPSA) is 178 Å². The number of aliphatic hydroxyl groups excluding tert-OH is 1. The van der Waals surface area contributed by atoms with E-state index in [1.165, 1.54) is 59.2 Å². The second-order valence-electron chi connectivity index (χ2n) is 9.26. The van der Waals surface area contributed by atoms with Crippen LogP contribution in [0.5, 0.6) is 0 Å². The van der Waals surface area contributed by atoms with Gasteiger partial charge in [0.1, 0.15) is 5.78 Å². The Hall–Kier alpha value is -2.85. The standard InChI is InChI=1S/C4H9NO2.C4H11N.C4H10O2.C4H8.C3H4N2O.C3H7NO2.C3H9N.C3H8O.C3H6O/c1-5(2)4(6)7-3;1-4-5(2)3;1-2-6-4-3-5;1-4-2-3-4;1-3-5-4-2-6-3;1-4-3(5)6-2;2*1-3-4-2;1-3(2)4/h1-3H3;4H2,1-3H3;5H,2-4H2,1H3;4H,2-3H2,1H3;2H,1H3;1-2H3,(H,4,5);4H,3H2,1-2H3;3H2,1-2H3;1-2H3. The van der Waals surface area contributed by atoms with E-state index in [-0.39, 0.29) is 18.5 Å². The van der Waals surface area contributed by atoms with Crippen LogP contribution in [0.3, 0.4) is 0 Å². The van der Waals surface area contributed by atoms with E-state index >= 15 is 0 Å². The number of nitrogens with zero attached hydrogens (tertiary/aromatic N) is 4. The van der Waals surface area contributed by atoms with E-state index in [1.807, 2.05) is 20.9 Å². The van der Waals surface area contributed by atoms with Crippen LogP contribution in [0, 0.1) is 12.8 Å². The lowest BCUT2D eigenvalue weighted by atomic mass is 10.5. The SMILES string of the molecule is CC(C)=O.CC1CC1.CCN(C)C.CCNC.CCOC.CCOCCO.CNC(=O)OC.COC(=O)N(C)C.Cc1nnco1. The van der Waals surface area contributed by atoms with Gasteiger partial charge in [-0.2, -0.15) is 0 Å². The zero-order chi connectivity index (χ0) is 37.8. The third-order valence-corrected chi connectivity index (χ3v) is 3.98. The van der Waals surface area contributed by atoms with E-state index in [1.54, 1.807) is 28.1 Å². The molecule has 0 spiro atoms. The minimum absolute atomic E-state index is 0.133. The van der Waals surface area contributed by atoms with Gasteiger partial charge in [0, 0.05) is 48.4 Å². The number of carbonyl (C=O) groups is 3. The number of alkyl carbamates (subject to hydrolysis) is 1. The summed E-state index contributed by atoms with van der Waals surface area (Å²) >= 11 is 0. The molecule has 15 nitrogen and oxygen atoms in total. The zero-order valence-electron chi connectivity index (χ0n) is 32.3. The first-order valence-corrected chi connectivity index (χ1v) is 15.2. The third-order valence-electron chi connectivity index (χ3n) is 3.98. The van der Waals surface area contributed by atoms with E-state index in [9.17, 15) is 14.4 Å². The Bertz CT molecular complexity index is 655. The summed E-state index contributed by atoms with van der Waals surface area (Å²) in [6.45, 7) is 19.5. The molecule has 1 heterocycles. The van der Waals surface area contributed by atoms with Crippen LogP contribution >= 0.6 is 0 Å². The number of nitrogens with one attached hydrogen (secondary N) is 2. The second-order valence-corrected chi connectivity index (χ2v) is 9.26. The molecule has 2 amide bonds. The summed E-state index contributed by atoms with van der Waals surface area (Å²) in [6, 6.07) is 0. The predicted octanol–water partition coefficient (Wildman–Crippen LogP) is 4.14. The Kier molecular flexibility index (Phi) is 69.7. The fourth-order valence-corrected chi connectivity index (χ4v) is 0.888. The molecule has 0 atom stereocenters. The average molecular weight is 673 g/mol. The molecule has 1 fully saturated rings. The number of rotatable bonds is 6. The number of carbonyl (C=O) groups excluding carboxylic acids is 3. The summed E-state index contributed by atoms with van der Waals surface area (Å²) in [4.78, 5) is 33.0. The third kappa shape index (κ3) is 114. The van der Waals surface area contributed by atoms with Crippen molar-refractivity contribution in [1.29, 1.82) is 0 Å². The van der Waals surface area contributed by atoms with Gasteiger partial charge >= 0.3 is 12.2 Å². The number of Topliss-reactive ketones (excluding diaryl/α,β-unsaturated/α-hetero) is 1. The van der Waals surface area contributed by atoms with Crippen LogP contribution in [-0.2, 0) is 23.7 Å². The molecule has 0 aliphatic heterocycles. The lowest BCUT2D eigenvalue weighted by Gasteiger charge is -2.05. The first-order chi connectivity index (χ1) is 21.5. The van der Waals surface area contributed by atoms with Crippen molar-refractivity contribution >= 4 is 18.0 Å². The number of aliphatic hydroxyl groups is 1. The van der Waals surface area contributed by atoms with Gasteiger partial charge in [0.05, 0.1) is 27.4 Å². The second kappa shape index (κ2) is 54.6. The minimum atomic E-state index is -0.407. The minimum Gasteiger partial charge on any atom is -0.453 e. The molecule has 1 aromatic rings. The molecule has 280 valence electrons. The van der Waals surface area contributed by atoms with Crippen molar-refractivity contribution in [3.63, 3.8) is 0 Å². The summed E-state index contributed by atoms with van der Waals surface area (Å²) in [5.74, 6) is 1.86. The highest BCUT2D eigenvalue weighted by atomic mass is 16.5. The van der Waals surface area contributed by atoms with Crippen molar-refractivity contribution in [1.82, 2.24) is 30.6 Å². The maximum Gasteiger partial charge on any atom is 0.408 e. The van der Waals surface area contributed by atoms with Crippen molar-refractivity contribution in [3.8, 4) is 0 Å². The zero-order valence-corrected chi connectivity index (χ0v) is 32.3. The van der Waals surface area contributed by atoms with Gasteiger partial charge in [-0.25, -0.2) is 9.59 Å². The highest BCUT2D eigenvalue weighted by Gasteiger charge is 2.12. The Labute approximate surface area is 281 Å². The molecule has 0 aromatic carbocycles. The molecule has 1 aliphatic carbocycles. The van der Waals surface area contributed by atoms with E-state index < -0.39 is 6.09 Å².